The van der Waals surface area contributed by atoms with Crippen LogP contribution in [0.1, 0.15) is 38.3 Å². The number of nitrogens with one attached hydrogen (secondary N) is 1. The molecule has 1 aromatic carbocycles. The number of carboxylic acids is 1. The molecule has 2 N–H and O–H groups in total. The number of carbonyl (C=O) groups excluding carboxylic acids is 1. The fourth-order valence-corrected chi connectivity index (χ4v) is 3.54. The van der Waals surface area contributed by atoms with E-state index in [1.807, 2.05) is 45.9 Å². The number of ether oxygens (including phenoxy) is 2. The van der Waals surface area contributed by atoms with E-state index in [0.717, 1.165) is 11.1 Å². The molecule has 6 nitrogen and oxygen atoms in total. The number of carboxylic acid groups (broad SMARTS) is 1. The lowest BCUT2D eigenvalue weighted by Gasteiger charge is -2.58. The quantitative estimate of drug-likeness (QED) is 0.789. The molecule has 2 rings (SSSR count). The highest BCUT2D eigenvalue weighted by Crippen LogP contribution is 2.51. The van der Waals surface area contributed by atoms with E-state index in [-0.39, 0.29) is 24.9 Å². The molecule has 0 radical (unpaired) electrons. The number of amides is 1. The Morgan fingerprint density at radius 1 is 1.36 bits per heavy atom. The first-order valence-corrected chi connectivity index (χ1v) is 8.47. The Kier molecular flexibility index (Phi) is 5.42. The number of aryl methyl sites for hydroxylation is 1. The third-order valence-electron chi connectivity index (χ3n) is 5.27. The molecule has 1 saturated carbocycles. The summed E-state index contributed by atoms with van der Waals surface area (Å²) < 4.78 is 10.9. The van der Waals surface area contributed by atoms with Crippen molar-refractivity contribution >= 4 is 11.9 Å². The minimum absolute atomic E-state index is 0.0647. The highest BCUT2D eigenvalue weighted by molar-refractivity contribution is 5.90. The normalized spacial score (nSPS) is 24.3. The molecule has 0 aliphatic heterocycles. The van der Waals surface area contributed by atoms with Crippen LogP contribution in [0.2, 0.25) is 0 Å². The zero-order valence-electron chi connectivity index (χ0n) is 15.5. The number of hydrogen-bond acceptors (Lipinski definition) is 4. The predicted octanol–water partition coefficient (Wildman–Crippen LogP) is 2.32. The Labute approximate surface area is 148 Å². The van der Waals surface area contributed by atoms with Crippen molar-refractivity contribution in [1.29, 1.82) is 0 Å². The smallest absolute Gasteiger partial charge is 0.330 e. The number of rotatable bonds is 7. The summed E-state index contributed by atoms with van der Waals surface area (Å²) in [5.41, 5.74) is -0.265. The van der Waals surface area contributed by atoms with Crippen LogP contribution in [0.5, 0.6) is 5.75 Å². The van der Waals surface area contributed by atoms with Gasteiger partial charge in [-0.05, 0) is 19.9 Å². The minimum atomic E-state index is -1.32. The summed E-state index contributed by atoms with van der Waals surface area (Å²) in [6.07, 6.45) is 0.136. The van der Waals surface area contributed by atoms with E-state index >= 15 is 0 Å². The molecule has 0 aromatic heterocycles. The number of carbonyl (C=O) groups is 2. The number of benzene rings is 1. The van der Waals surface area contributed by atoms with Crippen molar-refractivity contribution in [1.82, 2.24) is 5.32 Å². The Bertz CT molecular complexity index is 670. The topological polar surface area (TPSA) is 84.9 Å². The molecule has 1 fully saturated rings. The second-order valence-corrected chi connectivity index (χ2v) is 7.12. The summed E-state index contributed by atoms with van der Waals surface area (Å²) in [5.74, 6) is -0.752. The zero-order valence-corrected chi connectivity index (χ0v) is 15.5. The molecule has 1 aromatic rings. The van der Waals surface area contributed by atoms with Gasteiger partial charge in [0.05, 0.1) is 19.6 Å². The molecule has 6 heteroatoms. The fraction of sp³-hybridized carbons (Fsp3) is 0.579. The van der Waals surface area contributed by atoms with Crippen molar-refractivity contribution in [2.75, 3.05) is 13.7 Å². The van der Waals surface area contributed by atoms with Gasteiger partial charge >= 0.3 is 5.97 Å². The lowest BCUT2D eigenvalue weighted by molar-refractivity contribution is -0.194. The molecular formula is C19H27NO5. The first-order chi connectivity index (χ1) is 11.7. The van der Waals surface area contributed by atoms with Crippen molar-refractivity contribution in [2.45, 2.75) is 52.2 Å². The molecule has 1 aliphatic rings. The van der Waals surface area contributed by atoms with Gasteiger partial charge in [-0.1, -0.05) is 31.5 Å². The lowest BCUT2D eigenvalue weighted by atomic mass is 9.54. The van der Waals surface area contributed by atoms with Gasteiger partial charge in [-0.2, -0.15) is 0 Å². The van der Waals surface area contributed by atoms with Crippen LogP contribution in [-0.2, 0) is 20.7 Å². The molecule has 2 unspecified atom stereocenters. The monoisotopic (exact) mass is 349 g/mol. The predicted molar refractivity (Wildman–Crippen MR) is 93.8 cm³/mol. The maximum atomic E-state index is 12.6. The zero-order chi connectivity index (χ0) is 18.8. The van der Waals surface area contributed by atoms with Crippen LogP contribution in [0.15, 0.2) is 18.2 Å². The molecular weight excluding hydrogens is 322 g/mol. The number of aliphatic carboxylic acids is 1. The molecule has 0 spiro atoms. The number of hydrogen-bond donors (Lipinski definition) is 2. The van der Waals surface area contributed by atoms with Crippen molar-refractivity contribution in [3.63, 3.8) is 0 Å². The van der Waals surface area contributed by atoms with Crippen molar-refractivity contribution in [2.24, 2.45) is 5.41 Å². The van der Waals surface area contributed by atoms with Gasteiger partial charge in [-0.3, -0.25) is 4.79 Å². The molecule has 2 atom stereocenters. The maximum Gasteiger partial charge on any atom is 0.330 e. The number of methoxy groups -OCH3 is 1. The van der Waals surface area contributed by atoms with E-state index in [2.05, 4.69) is 5.32 Å². The van der Waals surface area contributed by atoms with Gasteiger partial charge in [0.1, 0.15) is 11.3 Å². The van der Waals surface area contributed by atoms with E-state index in [1.54, 1.807) is 7.11 Å². The van der Waals surface area contributed by atoms with Gasteiger partial charge in [-0.15, -0.1) is 0 Å². The fourth-order valence-electron chi connectivity index (χ4n) is 3.54. The third-order valence-corrected chi connectivity index (χ3v) is 5.27. The summed E-state index contributed by atoms with van der Waals surface area (Å²) in [6.45, 7) is 7.95. The van der Waals surface area contributed by atoms with Gasteiger partial charge in [0.25, 0.3) is 0 Å². The van der Waals surface area contributed by atoms with Crippen molar-refractivity contribution in [3.05, 3.63) is 29.3 Å². The van der Waals surface area contributed by atoms with Crippen LogP contribution in [0.4, 0.5) is 0 Å². The second-order valence-electron chi connectivity index (χ2n) is 7.12. The lowest BCUT2D eigenvalue weighted by Crippen LogP contribution is -2.76. The van der Waals surface area contributed by atoms with E-state index in [4.69, 9.17) is 9.47 Å². The van der Waals surface area contributed by atoms with Crippen LogP contribution >= 0.6 is 0 Å². The first-order valence-electron chi connectivity index (χ1n) is 8.47. The van der Waals surface area contributed by atoms with Crippen molar-refractivity contribution < 1.29 is 24.2 Å². The Morgan fingerprint density at radius 3 is 2.56 bits per heavy atom. The summed E-state index contributed by atoms with van der Waals surface area (Å²) in [7, 11) is 1.55. The first kappa shape index (κ1) is 19.2. The highest BCUT2D eigenvalue weighted by atomic mass is 16.5. The second kappa shape index (κ2) is 7.04. The van der Waals surface area contributed by atoms with Gasteiger partial charge in [0.15, 0.2) is 0 Å². The molecule has 0 saturated heterocycles. The van der Waals surface area contributed by atoms with Crippen LogP contribution in [0.3, 0.4) is 0 Å². The van der Waals surface area contributed by atoms with E-state index in [0.29, 0.717) is 12.4 Å². The Balaban J connectivity index is 2.18. The average Bonchev–Trinajstić information content (AvgIpc) is 2.53. The van der Waals surface area contributed by atoms with Gasteiger partial charge < -0.3 is 19.9 Å². The molecule has 0 bridgehead atoms. The molecule has 25 heavy (non-hydrogen) atoms. The van der Waals surface area contributed by atoms with Crippen LogP contribution in [-0.4, -0.2) is 42.3 Å². The summed E-state index contributed by atoms with van der Waals surface area (Å²) in [4.78, 5) is 24.5. The van der Waals surface area contributed by atoms with Crippen molar-refractivity contribution in [3.8, 4) is 5.75 Å². The standard InChI is InChI=1S/C19H27NO5/c1-6-25-15-11-19(17(22)23,18(15,3)4)20-16(21)10-13-9-12(2)7-8-14(13)24-5/h7-9,15H,6,10-11H2,1-5H3,(H,20,21)(H,22,23). The molecule has 1 amide bonds. The summed E-state index contributed by atoms with van der Waals surface area (Å²) >= 11 is 0. The highest BCUT2D eigenvalue weighted by Gasteiger charge is 2.66. The van der Waals surface area contributed by atoms with E-state index in [1.165, 1.54) is 0 Å². The Morgan fingerprint density at radius 2 is 2.04 bits per heavy atom. The largest absolute Gasteiger partial charge is 0.496 e. The summed E-state index contributed by atoms with van der Waals surface area (Å²) in [5, 5.41) is 12.5. The van der Waals surface area contributed by atoms with Gasteiger partial charge in [0.2, 0.25) is 5.91 Å². The maximum absolute atomic E-state index is 12.6. The van der Waals surface area contributed by atoms with Gasteiger partial charge in [0, 0.05) is 24.0 Å². The SMILES string of the molecule is CCOC1CC(NC(=O)Cc2cc(C)ccc2OC)(C(=O)O)C1(C)C. The Hall–Kier alpha value is -2.08. The van der Waals surface area contributed by atoms with Crippen LogP contribution in [0.25, 0.3) is 0 Å². The van der Waals surface area contributed by atoms with E-state index < -0.39 is 16.9 Å². The van der Waals surface area contributed by atoms with E-state index in [9.17, 15) is 14.7 Å². The molecule has 1 aliphatic carbocycles. The minimum Gasteiger partial charge on any atom is -0.496 e. The molecule has 0 heterocycles. The third kappa shape index (κ3) is 3.35. The van der Waals surface area contributed by atoms with Crippen LogP contribution in [0, 0.1) is 12.3 Å². The van der Waals surface area contributed by atoms with Gasteiger partial charge in [-0.25, -0.2) is 4.79 Å². The van der Waals surface area contributed by atoms with Crippen LogP contribution < -0.4 is 10.1 Å². The molecule has 138 valence electrons. The average molecular weight is 349 g/mol. The summed E-state index contributed by atoms with van der Waals surface area (Å²) in [6, 6.07) is 5.59.